The predicted molar refractivity (Wildman–Crippen MR) is 103 cm³/mol. The molecule has 3 rings (SSSR count). The van der Waals surface area contributed by atoms with Gasteiger partial charge >= 0.3 is 0 Å². The van der Waals surface area contributed by atoms with E-state index in [1.807, 2.05) is 18.2 Å². The highest BCUT2D eigenvalue weighted by Crippen LogP contribution is 2.35. The molecule has 3 aromatic rings. The fourth-order valence-corrected chi connectivity index (χ4v) is 3.67. The molecule has 0 radical (unpaired) electrons. The van der Waals surface area contributed by atoms with E-state index in [2.05, 4.69) is 36.3 Å². The lowest BCUT2D eigenvalue weighted by atomic mass is 10.0. The van der Waals surface area contributed by atoms with E-state index >= 15 is 0 Å². The van der Waals surface area contributed by atoms with Crippen LogP contribution in [-0.4, -0.2) is 10.9 Å². The minimum atomic E-state index is -0.103. The van der Waals surface area contributed by atoms with Gasteiger partial charge in [-0.25, -0.2) is 4.98 Å². The van der Waals surface area contributed by atoms with Crippen LogP contribution in [0.3, 0.4) is 0 Å². The molecule has 1 heterocycles. The molecule has 3 nitrogen and oxygen atoms in total. The van der Waals surface area contributed by atoms with Gasteiger partial charge in [-0.05, 0) is 29.2 Å². The molecule has 1 aromatic heterocycles. The second-order valence-electron chi connectivity index (χ2n) is 5.85. The van der Waals surface area contributed by atoms with E-state index in [0.29, 0.717) is 33.0 Å². The van der Waals surface area contributed by atoms with Gasteiger partial charge in [0.15, 0.2) is 5.13 Å². The topological polar surface area (TPSA) is 42.0 Å². The highest BCUT2D eigenvalue weighted by Gasteiger charge is 2.12. The molecule has 0 atom stereocenters. The van der Waals surface area contributed by atoms with E-state index in [-0.39, 0.29) is 5.91 Å². The van der Waals surface area contributed by atoms with Crippen molar-refractivity contribution >= 4 is 55.8 Å². The molecule has 0 aliphatic heterocycles. The molecule has 0 aliphatic carbocycles. The van der Waals surface area contributed by atoms with Gasteiger partial charge in [0.2, 0.25) is 5.91 Å². The summed E-state index contributed by atoms with van der Waals surface area (Å²) in [6, 6.07) is 11.7. The lowest BCUT2D eigenvalue weighted by molar-refractivity contribution is -0.115. The van der Waals surface area contributed by atoms with Crippen LogP contribution in [0.4, 0.5) is 5.13 Å². The molecule has 2 aromatic carbocycles. The number of amides is 1. The monoisotopic (exact) mass is 378 g/mol. The average Bonchev–Trinajstić information content (AvgIpc) is 2.94. The van der Waals surface area contributed by atoms with Crippen molar-refractivity contribution in [1.29, 1.82) is 0 Å². The Morgan fingerprint density at radius 2 is 1.88 bits per heavy atom. The highest BCUT2D eigenvalue weighted by atomic mass is 35.5. The third-order valence-corrected chi connectivity index (χ3v) is 5.44. The maximum absolute atomic E-state index is 12.2. The number of anilines is 1. The number of hydrogen-bond acceptors (Lipinski definition) is 3. The van der Waals surface area contributed by atoms with Crippen molar-refractivity contribution in [3.8, 4) is 0 Å². The van der Waals surface area contributed by atoms with Crippen LogP contribution in [-0.2, 0) is 11.2 Å². The predicted octanol–water partition coefficient (Wildman–Crippen LogP) is 5.91. The number of carbonyl (C=O) groups is 1. The fraction of sp³-hybridized carbons (Fsp3) is 0.222. The first-order chi connectivity index (χ1) is 11.4. The van der Waals surface area contributed by atoms with Crippen LogP contribution >= 0.6 is 34.5 Å². The second kappa shape index (κ2) is 7.09. The molecule has 0 bridgehead atoms. The lowest BCUT2D eigenvalue weighted by Gasteiger charge is -2.06. The van der Waals surface area contributed by atoms with E-state index < -0.39 is 0 Å². The standard InChI is InChI=1S/C18H16Cl2N2OS/c1-10(2)12-5-3-11(4-6-12)9-15(23)21-18-22-17-14(24-18)8-7-13(19)16(17)20/h3-8,10H,9H2,1-2H3,(H,21,22,23). The van der Waals surface area contributed by atoms with E-state index in [1.165, 1.54) is 16.9 Å². The first-order valence-corrected chi connectivity index (χ1v) is 9.14. The molecule has 0 saturated carbocycles. The van der Waals surface area contributed by atoms with Crippen LogP contribution in [0.2, 0.25) is 10.0 Å². The van der Waals surface area contributed by atoms with Gasteiger partial charge in [-0.2, -0.15) is 0 Å². The number of benzene rings is 2. The molecule has 0 spiro atoms. The number of halogens is 2. The summed E-state index contributed by atoms with van der Waals surface area (Å²) < 4.78 is 0.890. The zero-order chi connectivity index (χ0) is 17.3. The van der Waals surface area contributed by atoms with Crippen molar-refractivity contribution < 1.29 is 4.79 Å². The second-order valence-corrected chi connectivity index (χ2v) is 7.66. The Hall–Kier alpha value is -1.62. The Bertz CT molecular complexity index is 888. The molecule has 1 amide bonds. The van der Waals surface area contributed by atoms with Crippen LogP contribution in [0, 0.1) is 0 Å². The van der Waals surface area contributed by atoms with Crippen molar-refractivity contribution in [2.45, 2.75) is 26.2 Å². The van der Waals surface area contributed by atoms with Crippen LogP contribution < -0.4 is 5.32 Å². The van der Waals surface area contributed by atoms with Crippen LogP contribution in [0.15, 0.2) is 36.4 Å². The molecule has 0 fully saturated rings. The zero-order valence-corrected chi connectivity index (χ0v) is 15.6. The van der Waals surface area contributed by atoms with Gasteiger partial charge in [-0.3, -0.25) is 4.79 Å². The Morgan fingerprint density at radius 1 is 1.17 bits per heavy atom. The maximum atomic E-state index is 12.2. The number of carbonyl (C=O) groups excluding carboxylic acids is 1. The molecule has 6 heteroatoms. The van der Waals surface area contributed by atoms with E-state index in [1.54, 1.807) is 6.07 Å². The molecular weight excluding hydrogens is 363 g/mol. The Balaban J connectivity index is 1.71. The zero-order valence-electron chi connectivity index (χ0n) is 13.3. The number of aromatic nitrogens is 1. The SMILES string of the molecule is CC(C)c1ccc(CC(=O)Nc2nc3c(Cl)c(Cl)ccc3s2)cc1. The van der Waals surface area contributed by atoms with Crippen molar-refractivity contribution in [2.75, 3.05) is 5.32 Å². The van der Waals surface area contributed by atoms with Gasteiger partial charge in [0.1, 0.15) is 5.52 Å². The van der Waals surface area contributed by atoms with E-state index in [0.717, 1.165) is 10.3 Å². The summed E-state index contributed by atoms with van der Waals surface area (Å²) in [6.45, 7) is 4.29. The molecule has 24 heavy (non-hydrogen) atoms. The smallest absolute Gasteiger partial charge is 0.230 e. The fourth-order valence-electron chi connectivity index (χ4n) is 2.36. The molecule has 0 unspecified atom stereocenters. The number of thiazole rings is 1. The van der Waals surface area contributed by atoms with E-state index in [9.17, 15) is 4.79 Å². The Morgan fingerprint density at radius 3 is 2.54 bits per heavy atom. The van der Waals surface area contributed by atoms with Crippen molar-refractivity contribution in [2.24, 2.45) is 0 Å². The third kappa shape index (κ3) is 3.72. The van der Waals surface area contributed by atoms with Gasteiger partial charge < -0.3 is 5.32 Å². The summed E-state index contributed by atoms with van der Waals surface area (Å²) in [5, 5.41) is 4.22. The molecule has 1 N–H and O–H groups in total. The van der Waals surface area contributed by atoms with Gasteiger partial charge in [-0.15, -0.1) is 0 Å². The lowest BCUT2D eigenvalue weighted by Crippen LogP contribution is -2.14. The van der Waals surface area contributed by atoms with Gasteiger partial charge in [0.25, 0.3) is 0 Å². The van der Waals surface area contributed by atoms with Crippen LogP contribution in [0.25, 0.3) is 10.2 Å². The summed E-state index contributed by atoms with van der Waals surface area (Å²) in [7, 11) is 0. The van der Waals surface area contributed by atoms with Gasteiger partial charge in [0.05, 0.1) is 21.2 Å². The number of rotatable bonds is 4. The Kier molecular flexibility index (Phi) is 5.09. The largest absolute Gasteiger partial charge is 0.302 e. The molecule has 124 valence electrons. The van der Waals surface area contributed by atoms with Crippen molar-refractivity contribution in [3.63, 3.8) is 0 Å². The minimum absolute atomic E-state index is 0.103. The summed E-state index contributed by atoms with van der Waals surface area (Å²) in [6.07, 6.45) is 0.308. The maximum Gasteiger partial charge on any atom is 0.230 e. The normalized spacial score (nSPS) is 11.2. The number of fused-ring (bicyclic) bond motifs is 1. The third-order valence-electron chi connectivity index (χ3n) is 3.71. The number of hydrogen-bond donors (Lipinski definition) is 1. The van der Waals surface area contributed by atoms with Crippen LogP contribution in [0.5, 0.6) is 0 Å². The quantitative estimate of drug-likeness (QED) is 0.613. The van der Waals surface area contributed by atoms with Crippen molar-refractivity contribution in [1.82, 2.24) is 4.98 Å². The van der Waals surface area contributed by atoms with Gasteiger partial charge in [0, 0.05) is 0 Å². The first-order valence-electron chi connectivity index (χ1n) is 7.57. The minimum Gasteiger partial charge on any atom is -0.302 e. The number of nitrogens with zero attached hydrogens (tertiary/aromatic N) is 1. The highest BCUT2D eigenvalue weighted by molar-refractivity contribution is 7.22. The Labute approximate surface area is 154 Å². The molecule has 0 saturated heterocycles. The molecular formula is C18H16Cl2N2OS. The number of nitrogens with one attached hydrogen (secondary N) is 1. The van der Waals surface area contributed by atoms with Gasteiger partial charge in [-0.1, -0.05) is 72.7 Å². The van der Waals surface area contributed by atoms with Crippen LogP contribution in [0.1, 0.15) is 30.9 Å². The molecule has 0 aliphatic rings. The summed E-state index contributed by atoms with van der Waals surface area (Å²) in [4.78, 5) is 16.6. The average molecular weight is 379 g/mol. The summed E-state index contributed by atoms with van der Waals surface area (Å²) in [5.74, 6) is 0.376. The summed E-state index contributed by atoms with van der Waals surface area (Å²) in [5.41, 5.74) is 2.85. The van der Waals surface area contributed by atoms with Crippen molar-refractivity contribution in [3.05, 3.63) is 57.6 Å². The van der Waals surface area contributed by atoms with E-state index in [4.69, 9.17) is 23.2 Å². The summed E-state index contributed by atoms with van der Waals surface area (Å²) >= 11 is 13.5. The first kappa shape index (κ1) is 17.2.